The Morgan fingerprint density at radius 1 is 0.512 bits per heavy atom. The maximum atomic E-state index is 15.6. The number of nitrogens with zero attached hydrogens (tertiary/aromatic N) is 4. The van der Waals surface area contributed by atoms with Crippen LogP contribution in [0.3, 0.4) is 0 Å². The van der Waals surface area contributed by atoms with E-state index in [1.807, 2.05) is 60.7 Å². The minimum absolute atomic E-state index is 0.155. The summed E-state index contributed by atoms with van der Waals surface area (Å²) < 4.78 is 62.5. The topological polar surface area (TPSA) is 163 Å². The molecule has 0 aromatic heterocycles. The van der Waals surface area contributed by atoms with E-state index < -0.39 is 97.7 Å². The van der Waals surface area contributed by atoms with Gasteiger partial charge in [-0.15, -0.1) is 0 Å². The third-order valence-electron chi connectivity index (χ3n) is 17.4. The molecule has 4 aromatic carbocycles. The molecule has 0 unspecified atom stereocenters. The molecule has 82 heavy (non-hydrogen) atoms. The van der Waals surface area contributed by atoms with Crippen molar-refractivity contribution in [2.45, 2.75) is 152 Å². The highest BCUT2D eigenvalue weighted by molar-refractivity contribution is 5.96. The Balaban J connectivity index is 1.00. The highest BCUT2D eigenvalue weighted by Gasteiger charge is 2.52. The van der Waals surface area contributed by atoms with Crippen molar-refractivity contribution in [2.75, 3.05) is 53.4 Å². The van der Waals surface area contributed by atoms with Gasteiger partial charge in [0.25, 0.3) is 23.7 Å². The van der Waals surface area contributed by atoms with Gasteiger partial charge in [0, 0.05) is 50.1 Å². The highest BCUT2D eigenvalue weighted by Crippen LogP contribution is 2.38. The number of halogens is 4. The highest BCUT2D eigenvalue weighted by atomic mass is 19.3. The molecule has 2 heterocycles. The SMILES string of the molecule is CN[C@@H](C)C(=O)N[C@H](C(=O)N1CC(F)(F)C[C@H]1CN(CCc1ccccc1)C(=O)c1ccc(-c2ccc(C(=O)N(CCc3ccccc3)C[C@H]3CC(F)(F)CN3C(=O)[C@@H](NC(=O)[C@H](C)NC)C3CCCCC3)cc2)cc1)C1CCCCC1. The number of hydrogen-bond donors (Lipinski definition) is 4. The second-order valence-electron chi connectivity index (χ2n) is 23.3. The molecule has 8 rings (SSSR count). The van der Waals surface area contributed by atoms with Gasteiger partial charge in [0.2, 0.25) is 23.6 Å². The quantitative estimate of drug-likeness (QED) is 0.0538. The summed E-state index contributed by atoms with van der Waals surface area (Å²) in [6.07, 6.45) is 7.79. The summed E-state index contributed by atoms with van der Waals surface area (Å²) in [6, 6.07) is 27.5. The summed E-state index contributed by atoms with van der Waals surface area (Å²) in [4.78, 5) is 90.3. The van der Waals surface area contributed by atoms with Gasteiger partial charge in [-0.1, -0.05) is 123 Å². The fraction of sp³-hybridized carbons (Fsp3) is 0.531. The Kier molecular flexibility index (Phi) is 21.0. The van der Waals surface area contributed by atoms with Gasteiger partial charge in [-0.2, -0.15) is 0 Å². The third kappa shape index (κ3) is 15.9. The molecule has 0 bridgehead atoms. The van der Waals surface area contributed by atoms with Crippen LogP contribution >= 0.6 is 0 Å². The van der Waals surface area contributed by atoms with Gasteiger partial charge in [0.05, 0.1) is 37.3 Å². The van der Waals surface area contributed by atoms with E-state index in [0.717, 1.165) is 49.7 Å². The summed E-state index contributed by atoms with van der Waals surface area (Å²) >= 11 is 0. The van der Waals surface area contributed by atoms with Crippen molar-refractivity contribution in [3.8, 4) is 11.1 Å². The van der Waals surface area contributed by atoms with Gasteiger partial charge >= 0.3 is 0 Å². The number of carbonyl (C=O) groups excluding carboxylic acids is 6. The van der Waals surface area contributed by atoms with Crippen LogP contribution in [0.5, 0.6) is 0 Å². The first-order chi connectivity index (χ1) is 39.3. The molecule has 4 fully saturated rings. The molecule has 4 aliphatic rings. The van der Waals surface area contributed by atoms with E-state index in [9.17, 15) is 28.8 Å². The minimum atomic E-state index is -3.21. The van der Waals surface area contributed by atoms with Crippen molar-refractivity contribution in [3.05, 3.63) is 131 Å². The molecule has 442 valence electrons. The number of amides is 6. The molecule has 0 radical (unpaired) electrons. The van der Waals surface area contributed by atoms with Crippen LogP contribution in [0, 0.1) is 11.8 Å². The molecule has 18 heteroatoms. The molecule has 2 saturated carbocycles. The normalized spacial score (nSPS) is 20.5. The standard InChI is InChI=1S/C64H82F4N8O6/c1-43(69-3)57(77)71-55(49-21-13-7-14-22-49)61(81)75-41-63(65,66)37-53(75)39-73(35-33-45-17-9-5-10-18-45)59(79)51-29-25-47(26-30-51)48-27-31-52(32-28-48)60(80)74(36-34-46-19-11-6-12-20-46)40-54-38-64(67,68)42-76(54)62(82)56(50-23-15-8-16-24-50)72-58(78)44(2)70-4/h5-6,9-12,17-20,25-32,43-44,49-50,53-56,69-70H,7-8,13-16,21-24,33-42H2,1-4H3,(H,71,77)(H,72,78)/t43-,44-,53-,54+,55-,56-/m0/s1. The Hall–Kier alpha value is -6.66. The van der Waals surface area contributed by atoms with Crippen LogP contribution in [0.2, 0.25) is 0 Å². The van der Waals surface area contributed by atoms with Crippen LogP contribution in [-0.2, 0) is 32.0 Å². The number of likely N-dealkylation sites (tertiary alicyclic amines) is 2. The van der Waals surface area contributed by atoms with Gasteiger partial charge < -0.3 is 40.9 Å². The van der Waals surface area contributed by atoms with E-state index >= 15 is 17.6 Å². The van der Waals surface area contributed by atoms with Crippen LogP contribution in [0.1, 0.15) is 123 Å². The summed E-state index contributed by atoms with van der Waals surface area (Å²) in [5, 5.41) is 11.6. The number of rotatable bonds is 23. The first-order valence-electron chi connectivity index (χ1n) is 29.5. The maximum absolute atomic E-state index is 15.6. The second kappa shape index (κ2) is 28.1. The van der Waals surface area contributed by atoms with Crippen molar-refractivity contribution in [1.82, 2.24) is 40.9 Å². The zero-order valence-corrected chi connectivity index (χ0v) is 47.9. The zero-order valence-electron chi connectivity index (χ0n) is 47.9. The first kappa shape index (κ1) is 61.4. The number of alkyl halides is 4. The summed E-state index contributed by atoms with van der Waals surface area (Å²) in [6.45, 7) is 1.77. The van der Waals surface area contributed by atoms with Gasteiger partial charge in [0.1, 0.15) is 12.1 Å². The summed E-state index contributed by atoms with van der Waals surface area (Å²) in [7, 11) is 3.27. The molecule has 4 N–H and O–H groups in total. The van der Waals surface area contributed by atoms with Crippen molar-refractivity contribution in [2.24, 2.45) is 11.8 Å². The van der Waals surface area contributed by atoms with Crippen molar-refractivity contribution >= 4 is 35.4 Å². The lowest BCUT2D eigenvalue weighted by molar-refractivity contribution is -0.140. The number of hydrogen-bond acceptors (Lipinski definition) is 8. The number of carbonyl (C=O) groups is 6. The molecule has 0 spiro atoms. The van der Waals surface area contributed by atoms with Crippen LogP contribution in [-0.4, -0.2) is 157 Å². The minimum Gasteiger partial charge on any atom is -0.343 e. The molecular weight excluding hydrogens is 1050 g/mol. The lowest BCUT2D eigenvalue weighted by atomic mass is 9.83. The lowest BCUT2D eigenvalue weighted by Crippen LogP contribution is -2.57. The van der Waals surface area contributed by atoms with Crippen molar-refractivity contribution in [3.63, 3.8) is 0 Å². The van der Waals surface area contributed by atoms with E-state index in [-0.39, 0.29) is 49.8 Å². The fourth-order valence-electron chi connectivity index (χ4n) is 12.4. The van der Waals surface area contributed by atoms with Gasteiger partial charge in [0.15, 0.2) is 0 Å². The Labute approximate surface area is 480 Å². The molecule has 4 aromatic rings. The van der Waals surface area contributed by atoms with Gasteiger partial charge in [-0.3, -0.25) is 28.8 Å². The predicted octanol–water partition coefficient (Wildman–Crippen LogP) is 8.54. The number of likely N-dealkylation sites (N-methyl/N-ethyl adjacent to an activating group) is 2. The molecular formula is C64H82F4N8O6. The van der Waals surface area contributed by atoms with E-state index in [1.165, 1.54) is 19.6 Å². The van der Waals surface area contributed by atoms with Gasteiger partial charge in [-0.25, -0.2) is 17.6 Å². The summed E-state index contributed by atoms with van der Waals surface area (Å²) in [5.41, 5.74) is 3.93. The second-order valence-corrected chi connectivity index (χ2v) is 23.3. The molecule has 2 saturated heterocycles. The predicted molar refractivity (Wildman–Crippen MR) is 308 cm³/mol. The smallest absolute Gasteiger partial charge is 0.267 e. The van der Waals surface area contributed by atoms with Crippen LogP contribution in [0.25, 0.3) is 11.1 Å². The molecule has 2 aliphatic heterocycles. The number of benzene rings is 4. The van der Waals surface area contributed by atoms with Gasteiger partial charge in [-0.05, 0) is 125 Å². The Morgan fingerprint density at radius 2 is 0.854 bits per heavy atom. The Morgan fingerprint density at radius 3 is 1.18 bits per heavy atom. The van der Waals surface area contributed by atoms with Crippen molar-refractivity contribution in [1.29, 1.82) is 0 Å². The third-order valence-corrected chi connectivity index (χ3v) is 17.4. The van der Waals surface area contributed by atoms with Crippen LogP contribution in [0.4, 0.5) is 17.6 Å². The van der Waals surface area contributed by atoms with E-state index in [2.05, 4.69) is 21.3 Å². The Bertz CT molecular complexity index is 2590. The largest absolute Gasteiger partial charge is 0.343 e. The van der Waals surface area contributed by atoms with E-state index in [0.29, 0.717) is 60.8 Å². The lowest BCUT2D eigenvalue weighted by Gasteiger charge is -2.36. The van der Waals surface area contributed by atoms with Crippen LogP contribution < -0.4 is 21.3 Å². The molecule has 2 aliphatic carbocycles. The maximum Gasteiger partial charge on any atom is 0.267 e. The molecule has 14 nitrogen and oxygen atoms in total. The molecule has 6 atom stereocenters. The van der Waals surface area contributed by atoms with E-state index in [1.54, 1.807) is 76.5 Å². The average molecular weight is 1140 g/mol. The zero-order chi connectivity index (χ0) is 58.6. The monoisotopic (exact) mass is 1130 g/mol. The summed E-state index contributed by atoms with van der Waals surface area (Å²) in [5.74, 6) is -9.55. The fourth-order valence-corrected chi connectivity index (χ4v) is 12.4. The molecule has 6 amide bonds. The first-order valence-corrected chi connectivity index (χ1v) is 29.5. The van der Waals surface area contributed by atoms with E-state index in [4.69, 9.17) is 0 Å². The number of nitrogens with one attached hydrogen (secondary N) is 4. The van der Waals surface area contributed by atoms with Crippen molar-refractivity contribution < 1.29 is 46.3 Å². The average Bonchev–Trinajstić information content (AvgIpc) is 4.06. The van der Waals surface area contributed by atoms with Crippen LogP contribution in [0.15, 0.2) is 109 Å².